The molecule has 1 heterocycles. The van der Waals surface area contributed by atoms with Gasteiger partial charge in [-0.1, -0.05) is 89.8 Å². The summed E-state index contributed by atoms with van der Waals surface area (Å²) in [5, 5.41) is 0. The molecule has 1 radical (unpaired) electrons. The van der Waals surface area contributed by atoms with Crippen molar-refractivity contribution in [3.05, 3.63) is 87.7 Å². The molecule has 7 heteroatoms. The summed E-state index contributed by atoms with van der Waals surface area (Å²) in [7, 11) is 0. The fourth-order valence-corrected chi connectivity index (χ4v) is 5.34. The Bertz CT molecular complexity index is 1190. The predicted molar refractivity (Wildman–Crippen MR) is 180 cm³/mol. The van der Waals surface area contributed by atoms with Gasteiger partial charge in [-0.15, -0.1) is 0 Å². The van der Waals surface area contributed by atoms with E-state index in [2.05, 4.69) is 97.0 Å². The summed E-state index contributed by atoms with van der Waals surface area (Å²) in [6, 6.07) is 17.8. The molecule has 0 amide bonds. The molecule has 0 N–H and O–H groups in total. The Kier molecular flexibility index (Phi) is 24.8. The molecule has 2 aromatic carbocycles. The van der Waals surface area contributed by atoms with E-state index in [0.29, 0.717) is 0 Å². The van der Waals surface area contributed by atoms with Crippen LogP contribution < -0.4 is 37.2 Å². The van der Waals surface area contributed by atoms with E-state index in [4.69, 9.17) is 15.0 Å². The summed E-state index contributed by atoms with van der Waals surface area (Å²) < 4.78 is 0. The number of nitrogens with zero attached hydrogens (tertiary/aromatic N) is 3. The average molecular weight is 709 g/mol. The van der Waals surface area contributed by atoms with Gasteiger partial charge in [0.25, 0.3) is 0 Å². The van der Waals surface area contributed by atoms with Crippen LogP contribution in [0.4, 0.5) is 11.4 Å². The van der Waals surface area contributed by atoms with Crippen LogP contribution in [0.5, 0.6) is 0 Å². The maximum atomic E-state index is 5.27. The molecule has 3 aromatic rings. The summed E-state index contributed by atoms with van der Waals surface area (Å²) in [5.41, 5.74) is 12.7. The summed E-state index contributed by atoms with van der Waals surface area (Å²) >= 11 is 0. The van der Waals surface area contributed by atoms with Crippen molar-refractivity contribution in [2.45, 2.75) is 126 Å². The molecule has 0 fully saturated rings. The number of hydrogen-bond donors (Lipinski definition) is 0. The molecule has 0 aliphatic carbocycles. The zero-order valence-corrected chi connectivity index (χ0v) is 32.2. The first-order valence-electron chi connectivity index (χ1n) is 16.2. The minimum absolute atomic E-state index is 0. The van der Waals surface area contributed by atoms with E-state index in [1.165, 1.54) is 79.2 Å². The van der Waals surface area contributed by atoms with Gasteiger partial charge in [0.1, 0.15) is 0 Å². The largest absolute Gasteiger partial charge is 1.00 e. The predicted octanol–water partition coefficient (Wildman–Crippen LogP) is 2.05. The van der Waals surface area contributed by atoms with Gasteiger partial charge in [-0.25, -0.2) is 4.98 Å². The van der Waals surface area contributed by atoms with Gasteiger partial charge in [0.15, 0.2) is 0 Å². The van der Waals surface area contributed by atoms with Gasteiger partial charge >= 0.3 is 0 Å². The van der Waals surface area contributed by atoms with E-state index in [9.17, 15) is 0 Å². The second-order valence-electron chi connectivity index (χ2n) is 11.6. The fourth-order valence-electron chi connectivity index (χ4n) is 5.34. The van der Waals surface area contributed by atoms with Gasteiger partial charge in [0, 0.05) is 18.6 Å². The van der Waals surface area contributed by atoms with Gasteiger partial charge in [-0.05, 0) is 112 Å². The molecule has 0 bridgehead atoms. The smallest absolute Gasteiger partial charge is 0.0852 e. The number of hydrogen-bond acceptors (Lipinski definition) is 3. The molecule has 3 nitrogen and oxygen atoms in total. The Labute approximate surface area is 305 Å². The first-order valence-corrected chi connectivity index (χ1v) is 16.2. The van der Waals surface area contributed by atoms with Crippen molar-refractivity contribution in [2.24, 2.45) is 9.98 Å². The van der Waals surface area contributed by atoms with Crippen molar-refractivity contribution in [3.63, 3.8) is 0 Å². The first-order chi connectivity index (χ1) is 19.9. The quantitative estimate of drug-likeness (QED) is 0.210. The van der Waals surface area contributed by atoms with Crippen LogP contribution in [0.25, 0.3) is 0 Å². The van der Waals surface area contributed by atoms with E-state index in [1.807, 2.05) is 0 Å². The molecule has 0 aliphatic heterocycles. The molecule has 0 saturated carbocycles. The first kappa shape index (κ1) is 45.5. The third-order valence-electron chi connectivity index (χ3n) is 7.88. The summed E-state index contributed by atoms with van der Waals surface area (Å²) in [6.07, 6.45) is 13.7. The molecule has 0 saturated heterocycles. The van der Waals surface area contributed by atoms with Crippen LogP contribution in [-0.4, -0.2) is 16.4 Å². The molecule has 0 unspecified atom stereocenters. The number of rotatable bonds is 16. The fraction of sp³-hybridized carbons (Fsp3) is 0.500. The topological polar surface area (TPSA) is 37.6 Å². The van der Waals surface area contributed by atoms with Gasteiger partial charge < -0.3 is 37.2 Å². The second kappa shape index (κ2) is 24.5. The minimum Gasteiger partial charge on any atom is -1.00 e. The van der Waals surface area contributed by atoms with Crippen molar-refractivity contribution in [1.29, 1.82) is 0 Å². The Morgan fingerprint density at radius 1 is 0.556 bits per heavy atom. The molecular weight excluding hydrogens is 656 g/mol. The molecule has 3 rings (SSSR count). The van der Waals surface area contributed by atoms with Crippen LogP contribution in [0.1, 0.15) is 132 Å². The van der Waals surface area contributed by atoms with E-state index in [1.54, 1.807) is 0 Å². The summed E-state index contributed by atoms with van der Waals surface area (Å²) in [5.74, 6) is 0. The normalized spacial score (nSPS) is 11.2. The molecular formula is C38H53Cl3N3V-3. The van der Waals surface area contributed by atoms with Crippen molar-refractivity contribution < 1.29 is 55.8 Å². The number of aromatic nitrogens is 1. The van der Waals surface area contributed by atoms with Gasteiger partial charge in [0.2, 0.25) is 0 Å². The SMILES string of the molecule is CCCCc1cccc(CCCC)c1N=C(C)c1cc(C)cc(C(C)=Nc2c(CCCC)cccc2CCCC)n1.[Cl-].[Cl-].[Cl-].[V]. The maximum Gasteiger partial charge on any atom is 0.0852 e. The maximum absolute atomic E-state index is 5.27. The Hall–Kier alpha value is -1.62. The second-order valence-corrected chi connectivity index (χ2v) is 11.6. The molecule has 0 aliphatic rings. The van der Waals surface area contributed by atoms with Crippen LogP contribution in [0, 0.1) is 6.92 Å². The standard InChI is InChI=1S/C38H53N3.3ClH.V/c1-8-12-18-31-22-16-23-32(19-13-9-2)37(31)39-29(6)35-26-28(5)27-36(41-35)30(7)40-38-33(20-14-10-3)24-17-25-34(38)21-15-11-4;;;;/h16-17,22-27H,8-15,18-21H2,1-7H3;3*1H;/p-3. The third kappa shape index (κ3) is 14.0. The zero-order chi connectivity index (χ0) is 29.6. The summed E-state index contributed by atoms with van der Waals surface area (Å²) in [4.78, 5) is 15.7. The van der Waals surface area contributed by atoms with Crippen LogP contribution in [0.3, 0.4) is 0 Å². The molecule has 0 atom stereocenters. The molecule has 45 heavy (non-hydrogen) atoms. The van der Waals surface area contributed by atoms with Crippen molar-refractivity contribution in [2.75, 3.05) is 0 Å². The molecule has 249 valence electrons. The van der Waals surface area contributed by atoms with Crippen LogP contribution in [0.2, 0.25) is 0 Å². The van der Waals surface area contributed by atoms with Crippen LogP contribution >= 0.6 is 0 Å². The number of unbranched alkanes of at least 4 members (excludes halogenated alkanes) is 4. The Balaban J connectivity index is 0. The Morgan fingerprint density at radius 2 is 0.844 bits per heavy atom. The van der Waals surface area contributed by atoms with Gasteiger partial charge in [0.05, 0.1) is 34.2 Å². The van der Waals surface area contributed by atoms with Crippen molar-refractivity contribution in [3.8, 4) is 0 Å². The Morgan fingerprint density at radius 3 is 1.11 bits per heavy atom. The monoisotopic (exact) mass is 707 g/mol. The van der Waals surface area contributed by atoms with E-state index in [0.717, 1.165) is 59.9 Å². The number of benzene rings is 2. The van der Waals surface area contributed by atoms with Crippen LogP contribution in [-0.2, 0) is 44.2 Å². The molecule has 0 spiro atoms. The van der Waals surface area contributed by atoms with E-state index in [-0.39, 0.29) is 55.8 Å². The molecule has 1 aromatic heterocycles. The third-order valence-corrected chi connectivity index (χ3v) is 7.88. The zero-order valence-electron chi connectivity index (χ0n) is 28.5. The number of para-hydroxylation sites is 2. The number of aliphatic imine (C=N–C) groups is 2. The number of aryl methyl sites for hydroxylation is 5. The van der Waals surface area contributed by atoms with E-state index < -0.39 is 0 Å². The van der Waals surface area contributed by atoms with Crippen molar-refractivity contribution in [1.82, 2.24) is 4.98 Å². The summed E-state index contributed by atoms with van der Waals surface area (Å²) in [6.45, 7) is 15.4. The number of pyridine rings is 1. The van der Waals surface area contributed by atoms with Crippen molar-refractivity contribution >= 4 is 22.8 Å². The van der Waals surface area contributed by atoms with Crippen LogP contribution in [0.15, 0.2) is 58.5 Å². The van der Waals surface area contributed by atoms with E-state index >= 15 is 0 Å². The minimum atomic E-state index is 0. The van der Waals surface area contributed by atoms with Gasteiger partial charge in [-0.3, -0.25) is 9.98 Å². The average Bonchev–Trinajstić information content (AvgIpc) is 2.98. The van der Waals surface area contributed by atoms with Gasteiger partial charge in [-0.2, -0.15) is 0 Å². The number of halogens is 3.